The summed E-state index contributed by atoms with van der Waals surface area (Å²) in [6.45, 7) is 4.45. The Balaban J connectivity index is 1.80. The highest BCUT2D eigenvalue weighted by molar-refractivity contribution is 5.96. The van der Waals surface area contributed by atoms with Crippen molar-refractivity contribution in [3.63, 3.8) is 0 Å². The average molecular weight is 372 g/mol. The number of hydrogen-bond acceptors (Lipinski definition) is 3. The molecule has 0 aliphatic carbocycles. The van der Waals surface area contributed by atoms with Crippen LogP contribution in [0.4, 0.5) is 13.2 Å². The van der Waals surface area contributed by atoms with Crippen LogP contribution in [0.25, 0.3) is 0 Å². The number of carbonyl (C=O) groups is 2. The van der Waals surface area contributed by atoms with Gasteiger partial charge in [0.1, 0.15) is 0 Å². The van der Waals surface area contributed by atoms with E-state index in [1.165, 1.54) is 0 Å². The summed E-state index contributed by atoms with van der Waals surface area (Å²) >= 11 is 0. The number of amides is 2. The zero-order valence-corrected chi connectivity index (χ0v) is 14.7. The van der Waals surface area contributed by atoms with Crippen LogP contribution >= 0.6 is 0 Å². The van der Waals surface area contributed by atoms with E-state index in [0.717, 1.165) is 30.7 Å². The van der Waals surface area contributed by atoms with Crippen LogP contribution in [0.2, 0.25) is 0 Å². The number of hydrogen-bond donors (Lipinski definition) is 2. The van der Waals surface area contributed by atoms with Crippen molar-refractivity contribution in [1.82, 2.24) is 10.6 Å². The number of alkyl halides is 3. The van der Waals surface area contributed by atoms with E-state index in [1.807, 2.05) is 0 Å². The van der Waals surface area contributed by atoms with Crippen molar-refractivity contribution in [3.8, 4) is 0 Å². The molecule has 1 saturated heterocycles. The highest BCUT2D eigenvalue weighted by Gasteiger charge is 2.30. The van der Waals surface area contributed by atoms with Crippen molar-refractivity contribution in [2.24, 2.45) is 5.92 Å². The number of carbonyl (C=O) groups excluding carboxylic acids is 2. The number of ether oxygens (including phenoxy) is 1. The lowest BCUT2D eigenvalue weighted by Gasteiger charge is -2.32. The summed E-state index contributed by atoms with van der Waals surface area (Å²) in [6, 6.07) is 3.84. The molecule has 0 saturated carbocycles. The van der Waals surface area contributed by atoms with Crippen LogP contribution in [0.1, 0.15) is 42.6 Å². The fraction of sp³-hybridized carbons (Fsp3) is 0.556. The van der Waals surface area contributed by atoms with Gasteiger partial charge in [-0.15, -0.1) is 0 Å². The van der Waals surface area contributed by atoms with Gasteiger partial charge in [0.15, 0.2) is 0 Å². The van der Waals surface area contributed by atoms with Crippen LogP contribution in [0.5, 0.6) is 0 Å². The van der Waals surface area contributed by atoms with Gasteiger partial charge in [0.05, 0.1) is 18.2 Å². The molecular weight excluding hydrogens is 349 g/mol. The molecule has 0 spiro atoms. The van der Waals surface area contributed by atoms with Crippen LogP contribution < -0.4 is 10.6 Å². The molecule has 5 nitrogen and oxygen atoms in total. The number of rotatable bonds is 5. The summed E-state index contributed by atoms with van der Waals surface area (Å²) in [5.74, 6) is -0.574. The SMILES string of the molecule is CC(C)C1CC(NC(=O)CNC(=O)c2ccc(C(F)(F)F)cc2)CCO1. The third-order valence-corrected chi connectivity index (χ3v) is 4.31. The van der Waals surface area contributed by atoms with Crippen LogP contribution in [0, 0.1) is 5.92 Å². The van der Waals surface area contributed by atoms with Gasteiger partial charge in [-0.1, -0.05) is 13.8 Å². The summed E-state index contributed by atoms with van der Waals surface area (Å²) in [7, 11) is 0. The zero-order valence-electron chi connectivity index (χ0n) is 14.7. The maximum absolute atomic E-state index is 12.5. The van der Waals surface area contributed by atoms with Crippen molar-refractivity contribution >= 4 is 11.8 Å². The molecule has 2 amide bonds. The maximum atomic E-state index is 12.5. The van der Waals surface area contributed by atoms with Crippen LogP contribution in [-0.4, -0.2) is 37.1 Å². The van der Waals surface area contributed by atoms with Gasteiger partial charge in [-0.2, -0.15) is 13.2 Å². The van der Waals surface area contributed by atoms with Gasteiger partial charge in [-0.05, 0) is 43.0 Å². The summed E-state index contributed by atoms with van der Waals surface area (Å²) in [4.78, 5) is 23.9. The minimum atomic E-state index is -4.45. The highest BCUT2D eigenvalue weighted by atomic mass is 19.4. The summed E-state index contributed by atoms with van der Waals surface area (Å²) in [6.07, 6.45) is -2.93. The molecule has 144 valence electrons. The van der Waals surface area contributed by atoms with Gasteiger partial charge < -0.3 is 15.4 Å². The zero-order chi connectivity index (χ0) is 19.3. The summed E-state index contributed by atoms with van der Waals surface area (Å²) in [5, 5.41) is 5.27. The van der Waals surface area contributed by atoms with E-state index >= 15 is 0 Å². The predicted octanol–water partition coefficient (Wildman–Crippen LogP) is 2.76. The van der Waals surface area contributed by atoms with Gasteiger partial charge in [-0.25, -0.2) is 0 Å². The lowest BCUT2D eigenvalue weighted by Crippen LogP contribution is -2.46. The molecule has 0 radical (unpaired) electrons. The van der Waals surface area contributed by atoms with Crippen molar-refractivity contribution in [2.75, 3.05) is 13.2 Å². The molecule has 1 aromatic carbocycles. The lowest BCUT2D eigenvalue weighted by atomic mass is 9.95. The van der Waals surface area contributed by atoms with Crippen molar-refractivity contribution in [3.05, 3.63) is 35.4 Å². The molecule has 2 unspecified atom stereocenters. The van der Waals surface area contributed by atoms with E-state index < -0.39 is 17.6 Å². The molecule has 2 rings (SSSR count). The van der Waals surface area contributed by atoms with Crippen molar-refractivity contribution in [2.45, 2.75) is 45.0 Å². The molecule has 26 heavy (non-hydrogen) atoms. The predicted molar refractivity (Wildman–Crippen MR) is 89.5 cm³/mol. The number of nitrogens with one attached hydrogen (secondary N) is 2. The monoisotopic (exact) mass is 372 g/mol. The van der Waals surface area contributed by atoms with E-state index in [0.29, 0.717) is 18.9 Å². The number of halogens is 3. The summed E-state index contributed by atoms with van der Waals surface area (Å²) in [5.41, 5.74) is -0.761. The Bertz CT molecular complexity index is 630. The van der Waals surface area contributed by atoms with Crippen LogP contribution in [0.3, 0.4) is 0 Å². The highest BCUT2D eigenvalue weighted by Crippen LogP contribution is 2.29. The van der Waals surface area contributed by atoms with Crippen molar-refractivity contribution < 1.29 is 27.5 Å². The Labute approximate surface area is 150 Å². The fourth-order valence-corrected chi connectivity index (χ4v) is 2.78. The fourth-order valence-electron chi connectivity index (χ4n) is 2.78. The van der Waals surface area contributed by atoms with E-state index in [9.17, 15) is 22.8 Å². The normalized spacial score (nSPS) is 20.7. The standard InChI is InChI=1S/C18H23F3N2O3/c1-11(2)15-9-14(7-8-26-15)23-16(24)10-22-17(25)12-3-5-13(6-4-12)18(19,20)21/h3-6,11,14-15H,7-10H2,1-2H3,(H,22,25)(H,23,24). The topological polar surface area (TPSA) is 67.4 Å². The third-order valence-electron chi connectivity index (χ3n) is 4.31. The maximum Gasteiger partial charge on any atom is 0.416 e. The molecule has 1 heterocycles. The van der Waals surface area contributed by atoms with E-state index in [-0.39, 0.29) is 30.2 Å². The van der Waals surface area contributed by atoms with Gasteiger partial charge >= 0.3 is 6.18 Å². The molecule has 0 bridgehead atoms. The molecule has 1 aliphatic rings. The Morgan fingerprint density at radius 1 is 1.23 bits per heavy atom. The van der Waals surface area contributed by atoms with Gasteiger partial charge in [-0.3, -0.25) is 9.59 Å². The van der Waals surface area contributed by atoms with Gasteiger partial charge in [0.2, 0.25) is 5.91 Å². The molecular formula is C18H23F3N2O3. The quantitative estimate of drug-likeness (QED) is 0.835. The first-order valence-corrected chi connectivity index (χ1v) is 8.53. The molecule has 1 aromatic rings. The molecule has 2 atom stereocenters. The van der Waals surface area contributed by atoms with Crippen LogP contribution in [-0.2, 0) is 15.7 Å². The second kappa shape index (κ2) is 8.53. The number of benzene rings is 1. The smallest absolute Gasteiger partial charge is 0.378 e. The van der Waals surface area contributed by atoms with Gasteiger partial charge in [0.25, 0.3) is 5.91 Å². The summed E-state index contributed by atoms with van der Waals surface area (Å²) < 4.78 is 43.2. The first kappa shape index (κ1) is 20.2. The third kappa shape index (κ3) is 5.72. The van der Waals surface area contributed by atoms with Crippen molar-refractivity contribution in [1.29, 1.82) is 0 Å². The second-order valence-electron chi connectivity index (χ2n) is 6.70. The molecule has 2 N–H and O–H groups in total. The molecule has 8 heteroatoms. The first-order valence-electron chi connectivity index (χ1n) is 8.53. The first-order chi connectivity index (χ1) is 12.2. The minimum Gasteiger partial charge on any atom is -0.378 e. The van der Waals surface area contributed by atoms with E-state index in [2.05, 4.69) is 24.5 Å². The molecule has 1 fully saturated rings. The Kier molecular flexibility index (Phi) is 6.63. The lowest BCUT2D eigenvalue weighted by molar-refractivity contribution is -0.137. The molecule has 0 aromatic heterocycles. The Morgan fingerprint density at radius 2 is 1.88 bits per heavy atom. The largest absolute Gasteiger partial charge is 0.416 e. The second-order valence-corrected chi connectivity index (χ2v) is 6.70. The average Bonchev–Trinajstić information content (AvgIpc) is 2.59. The van der Waals surface area contributed by atoms with E-state index in [4.69, 9.17) is 4.74 Å². The Hall–Kier alpha value is -2.09. The van der Waals surface area contributed by atoms with E-state index in [1.54, 1.807) is 0 Å². The molecule has 1 aliphatic heterocycles. The minimum absolute atomic E-state index is 0.00776. The Morgan fingerprint density at radius 3 is 2.46 bits per heavy atom. The van der Waals surface area contributed by atoms with Crippen LogP contribution in [0.15, 0.2) is 24.3 Å². The van der Waals surface area contributed by atoms with Gasteiger partial charge in [0, 0.05) is 18.2 Å².